The van der Waals surface area contributed by atoms with E-state index >= 15 is 0 Å². The summed E-state index contributed by atoms with van der Waals surface area (Å²) in [6.07, 6.45) is 6.88. The number of carbonyl (C=O) groups is 6. The molecule has 2 saturated heterocycles. The van der Waals surface area contributed by atoms with Gasteiger partial charge in [-0.1, -0.05) is 39.3 Å². The Balaban J connectivity index is 0.00000223. The number of aryl methyl sites for hydroxylation is 4. The number of primary amides is 2. The van der Waals surface area contributed by atoms with Crippen LogP contribution in [0, 0.1) is 19.8 Å². The Bertz CT molecular complexity index is 3220. The number of hydrogen-bond acceptors (Lipinski definition) is 15. The van der Waals surface area contributed by atoms with Crippen LogP contribution in [0.3, 0.4) is 0 Å². The predicted octanol–water partition coefficient (Wildman–Crippen LogP) is 4.31. The SMILES string of the molecule is CC(C)C.CCn1nc(C)cc1C(=O)Nc1nc2cc(C(N)=O)ccc2n1C/C=C/Cn1c(NC(=O)c2cc(C)nn2CC)nc2cc(C(N)=O)cc(OCCCN3CC4(C3)CN(C(=O)CNC(=O)CCCCCON)CCO4)c21. The Kier molecular flexibility index (Phi) is 20.3. The number of rotatable bonds is 25. The Morgan fingerprint density at radius 1 is 0.750 bits per heavy atom. The molecule has 0 bridgehead atoms. The predicted molar refractivity (Wildman–Crippen MR) is 301 cm³/mol. The lowest BCUT2D eigenvalue weighted by Gasteiger charge is -2.54. The van der Waals surface area contributed by atoms with Crippen LogP contribution in [0.4, 0.5) is 11.9 Å². The summed E-state index contributed by atoms with van der Waals surface area (Å²) in [6.45, 7) is 18.9. The molecule has 0 saturated carbocycles. The van der Waals surface area contributed by atoms with Crippen LogP contribution in [0.15, 0.2) is 54.6 Å². The highest BCUT2D eigenvalue weighted by molar-refractivity contribution is 6.05. The van der Waals surface area contributed by atoms with Crippen LogP contribution in [-0.2, 0) is 45.3 Å². The van der Waals surface area contributed by atoms with E-state index in [4.69, 9.17) is 31.8 Å². The summed E-state index contributed by atoms with van der Waals surface area (Å²) in [5.74, 6) is 4.07. The average molecular weight is 1110 g/mol. The number of anilines is 2. The number of nitrogens with two attached hydrogens (primary N) is 3. The van der Waals surface area contributed by atoms with E-state index in [1.165, 1.54) is 0 Å². The van der Waals surface area contributed by atoms with Crippen molar-refractivity contribution in [2.24, 2.45) is 23.3 Å². The fraction of sp³-hybridized carbons (Fsp3) is 0.491. The smallest absolute Gasteiger partial charge is 0.276 e. The molecule has 0 unspecified atom stereocenters. The number of fused-ring (bicyclic) bond motifs is 2. The molecule has 430 valence electrons. The molecule has 2 fully saturated rings. The molecular weight excluding hydrogens is 1030 g/mol. The molecule has 6 heterocycles. The summed E-state index contributed by atoms with van der Waals surface area (Å²) in [5, 5.41) is 17.5. The minimum Gasteiger partial charge on any atom is -0.491 e. The van der Waals surface area contributed by atoms with Crippen molar-refractivity contribution in [3.05, 3.63) is 88.5 Å². The molecule has 0 radical (unpaired) electrons. The normalized spacial score (nSPS) is 14.1. The second kappa shape index (κ2) is 27.2. The number of hydrogen-bond donors (Lipinski definition) is 6. The van der Waals surface area contributed by atoms with Crippen LogP contribution in [0.2, 0.25) is 0 Å². The zero-order valence-corrected chi connectivity index (χ0v) is 46.9. The standard InChI is InChI=1S/C51H66N16O9.C4H10/c1-5-66-39(23-32(3)60-66)47(72)58-49-56-36-25-34(45(52)70)14-15-38(36)64(49)17-9-10-18-65-44-37(57-50(65)59-48(73)40-24-33(4)61-67(40)6-2)26-35(46(53)71)27-41(44)74-20-12-16-62-29-51(30-62)31-63(19-22-75-51)43(69)28-55-42(68)13-8-7-11-21-76-54;1-4(2)3/h9-10,14-15,23-27H,5-8,11-13,16-22,28-31,54H2,1-4H3,(H2,52,70)(H2,53,71)(H,55,68)(H,56,58,72)(H,57,59,73);4H,1-3H3/b10-9+;. The lowest BCUT2D eigenvalue weighted by Crippen LogP contribution is -2.70. The number of ether oxygens (including phenoxy) is 2. The van der Waals surface area contributed by atoms with Gasteiger partial charge >= 0.3 is 0 Å². The Morgan fingerprint density at radius 3 is 1.96 bits per heavy atom. The molecule has 8 rings (SSSR count). The van der Waals surface area contributed by atoms with Crippen molar-refractivity contribution in [2.45, 2.75) is 112 Å². The van der Waals surface area contributed by atoms with Gasteiger partial charge in [-0.15, -0.1) is 0 Å². The van der Waals surface area contributed by atoms with Crippen molar-refractivity contribution < 1.29 is 43.1 Å². The third-order valence-electron chi connectivity index (χ3n) is 13.3. The van der Waals surface area contributed by atoms with Crippen LogP contribution >= 0.6 is 0 Å². The van der Waals surface area contributed by atoms with Crippen molar-refractivity contribution >= 4 is 69.4 Å². The highest BCUT2D eigenvalue weighted by Crippen LogP contribution is 2.33. The average Bonchev–Trinajstić information content (AvgIpc) is 4.34. The van der Waals surface area contributed by atoms with E-state index in [2.05, 4.69) is 61.6 Å². The summed E-state index contributed by atoms with van der Waals surface area (Å²) in [7, 11) is 0. The largest absolute Gasteiger partial charge is 0.491 e. The van der Waals surface area contributed by atoms with E-state index in [1.54, 1.807) is 79.7 Å². The first kappa shape index (κ1) is 59.7. The van der Waals surface area contributed by atoms with E-state index in [0.29, 0.717) is 129 Å². The van der Waals surface area contributed by atoms with Gasteiger partial charge in [0.2, 0.25) is 35.5 Å². The van der Waals surface area contributed by atoms with Crippen LogP contribution in [0.25, 0.3) is 22.1 Å². The Labute approximate surface area is 464 Å². The van der Waals surface area contributed by atoms with Crippen LogP contribution in [0.1, 0.15) is 120 Å². The number of morpholine rings is 1. The molecule has 2 aliphatic heterocycles. The van der Waals surface area contributed by atoms with E-state index in [-0.39, 0.29) is 61.1 Å². The number of nitrogens with zero attached hydrogens (tertiary/aromatic N) is 10. The van der Waals surface area contributed by atoms with Crippen LogP contribution in [-0.4, -0.2) is 149 Å². The molecule has 1 spiro atoms. The number of imidazole rings is 2. The summed E-state index contributed by atoms with van der Waals surface area (Å²) in [5.41, 5.74) is 15.3. The minimum absolute atomic E-state index is 0.0702. The second-order valence-corrected chi connectivity index (χ2v) is 20.7. The molecular formula is C55H76N16O9. The summed E-state index contributed by atoms with van der Waals surface area (Å²) in [6, 6.07) is 11.4. The first-order chi connectivity index (χ1) is 38.3. The number of unbranched alkanes of at least 4 members (excludes halogenated alkanes) is 2. The van der Waals surface area contributed by atoms with E-state index in [0.717, 1.165) is 18.8 Å². The van der Waals surface area contributed by atoms with Gasteiger partial charge in [0.1, 0.15) is 28.3 Å². The van der Waals surface area contributed by atoms with E-state index < -0.39 is 29.2 Å². The highest BCUT2D eigenvalue weighted by Gasteiger charge is 2.47. The number of likely N-dealkylation sites (tertiary alicyclic amines) is 1. The van der Waals surface area contributed by atoms with Crippen LogP contribution < -0.4 is 38.1 Å². The zero-order valence-electron chi connectivity index (χ0n) is 46.9. The molecule has 25 heteroatoms. The molecule has 2 aliphatic rings. The number of allylic oxidation sites excluding steroid dienone is 2. The fourth-order valence-corrected chi connectivity index (χ4v) is 9.62. The van der Waals surface area contributed by atoms with Gasteiger partial charge in [0.15, 0.2) is 0 Å². The third-order valence-corrected chi connectivity index (χ3v) is 13.3. The van der Waals surface area contributed by atoms with Gasteiger partial charge in [-0.2, -0.15) is 10.2 Å². The van der Waals surface area contributed by atoms with Crippen LogP contribution in [0.5, 0.6) is 5.75 Å². The molecule has 0 atom stereocenters. The fourth-order valence-electron chi connectivity index (χ4n) is 9.62. The molecule has 4 aromatic heterocycles. The first-order valence-electron chi connectivity index (χ1n) is 27.2. The van der Waals surface area contributed by atoms with Gasteiger partial charge in [-0.05, 0) is 95.3 Å². The molecule has 6 aromatic rings. The Hall–Kier alpha value is -8.00. The van der Waals surface area contributed by atoms with Crippen molar-refractivity contribution in [2.75, 3.05) is 69.7 Å². The molecule has 2 aromatic carbocycles. The first-order valence-corrected chi connectivity index (χ1v) is 27.2. The third kappa shape index (κ3) is 15.0. The van der Waals surface area contributed by atoms with E-state index in [1.807, 2.05) is 26.0 Å². The lowest BCUT2D eigenvalue weighted by atomic mass is 9.91. The number of benzene rings is 2. The maximum Gasteiger partial charge on any atom is 0.276 e. The van der Waals surface area contributed by atoms with Crippen molar-refractivity contribution in [1.29, 1.82) is 0 Å². The molecule has 80 heavy (non-hydrogen) atoms. The highest BCUT2D eigenvalue weighted by atomic mass is 16.6. The Morgan fingerprint density at radius 2 is 1.35 bits per heavy atom. The minimum atomic E-state index is -0.694. The number of nitrogens with one attached hydrogen (secondary N) is 3. The maximum atomic E-state index is 13.9. The van der Waals surface area contributed by atoms with Crippen molar-refractivity contribution in [3.63, 3.8) is 0 Å². The van der Waals surface area contributed by atoms with E-state index in [9.17, 15) is 28.8 Å². The molecule has 25 nitrogen and oxygen atoms in total. The summed E-state index contributed by atoms with van der Waals surface area (Å²) >= 11 is 0. The van der Waals surface area contributed by atoms with Gasteiger partial charge < -0.3 is 45.1 Å². The molecule has 9 N–H and O–H groups in total. The van der Waals surface area contributed by atoms with Gasteiger partial charge in [-0.3, -0.25) is 53.7 Å². The van der Waals surface area contributed by atoms with Gasteiger partial charge in [0.05, 0.1) is 60.8 Å². The number of aromatic nitrogens is 8. The van der Waals surface area contributed by atoms with Crippen molar-refractivity contribution in [1.82, 2.24) is 53.8 Å². The second-order valence-electron chi connectivity index (χ2n) is 20.7. The quantitative estimate of drug-likeness (QED) is 0.0264. The monoisotopic (exact) mass is 1100 g/mol. The summed E-state index contributed by atoms with van der Waals surface area (Å²) < 4.78 is 19.4. The zero-order chi connectivity index (χ0) is 57.7. The summed E-state index contributed by atoms with van der Waals surface area (Å²) in [4.78, 5) is 95.9. The number of amides is 6. The van der Waals surface area contributed by atoms with Gasteiger partial charge in [-0.25, -0.2) is 15.9 Å². The lowest BCUT2D eigenvalue weighted by molar-refractivity contribution is -0.188. The molecule has 6 amide bonds. The molecule has 0 aliphatic carbocycles. The maximum absolute atomic E-state index is 13.9. The van der Waals surface area contributed by atoms with Gasteiger partial charge in [0.25, 0.3) is 11.8 Å². The topological polar surface area (TPSA) is 322 Å². The number of carbonyl (C=O) groups excluding carboxylic acids is 6. The van der Waals surface area contributed by atoms with Crippen molar-refractivity contribution in [3.8, 4) is 5.75 Å². The van der Waals surface area contributed by atoms with Gasteiger partial charge in [0, 0.05) is 69.9 Å².